The van der Waals surface area contributed by atoms with Crippen LogP contribution in [0.1, 0.15) is 26.7 Å². The highest BCUT2D eigenvalue weighted by Crippen LogP contribution is 2.30. The fraction of sp³-hybridized carbons (Fsp3) is 0.467. The Hall–Kier alpha value is -1.75. The molecular weight excluding hydrogens is 292 g/mol. The molecule has 0 aliphatic carbocycles. The molecule has 0 aromatic heterocycles. The SMILES string of the molecule is CCCN1C(=O)CC(Nc2cc(Cl)ccc2OCC)C1=O. The molecule has 1 aliphatic heterocycles. The summed E-state index contributed by atoms with van der Waals surface area (Å²) < 4.78 is 5.51. The summed E-state index contributed by atoms with van der Waals surface area (Å²) in [7, 11) is 0. The molecule has 1 atom stereocenters. The summed E-state index contributed by atoms with van der Waals surface area (Å²) in [5.74, 6) is 0.291. The minimum absolute atomic E-state index is 0.140. The Morgan fingerprint density at radius 3 is 2.81 bits per heavy atom. The molecule has 5 nitrogen and oxygen atoms in total. The van der Waals surface area contributed by atoms with Crippen LogP contribution in [-0.4, -0.2) is 35.9 Å². The molecular formula is C15H19ClN2O3. The van der Waals surface area contributed by atoms with Gasteiger partial charge in [-0.15, -0.1) is 0 Å². The van der Waals surface area contributed by atoms with Crippen LogP contribution in [0.2, 0.25) is 5.02 Å². The van der Waals surface area contributed by atoms with Crippen LogP contribution >= 0.6 is 11.6 Å². The third kappa shape index (κ3) is 3.47. The number of anilines is 1. The van der Waals surface area contributed by atoms with Crippen molar-refractivity contribution in [1.82, 2.24) is 4.90 Å². The number of amides is 2. The van der Waals surface area contributed by atoms with E-state index >= 15 is 0 Å². The lowest BCUT2D eigenvalue weighted by Gasteiger charge is -2.17. The third-order valence-corrected chi connectivity index (χ3v) is 3.50. The van der Waals surface area contributed by atoms with Crippen molar-refractivity contribution in [3.05, 3.63) is 23.2 Å². The molecule has 1 saturated heterocycles. The zero-order chi connectivity index (χ0) is 15.4. The molecule has 1 unspecified atom stereocenters. The van der Waals surface area contributed by atoms with Crippen LogP contribution in [0.5, 0.6) is 5.75 Å². The quantitative estimate of drug-likeness (QED) is 0.821. The summed E-state index contributed by atoms with van der Waals surface area (Å²) >= 11 is 5.99. The first-order valence-corrected chi connectivity index (χ1v) is 7.47. The van der Waals surface area contributed by atoms with E-state index in [1.807, 2.05) is 13.8 Å². The van der Waals surface area contributed by atoms with Crippen LogP contribution in [0.25, 0.3) is 0 Å². The Kier molecular flexibility index (Phi) is 5.07. The molecule has 114 valence electrons. The minimum Gasteiger partial charge on any atom is -0.492 e. The molecule has 1 fully saturated rings. The summed E-state index contributed by atoms with van der Waals surface area (Å²) in [5, 5.41) is 3.63. The number of benzene rings is 1. The van der Waals surface area contributed by atoms with Gasteiger partial charge in [-0.1, -0.05) is 18.5 Å². The van der Waals surface area contributed by atoms with Crippen molar-refractivity contribution in [1.29, 1.82) is 0 Å². The van der Waals surface area contributed by atoms with E-state index in [0.717, 1.165) is 6.42 Å². The first-order chi connectivity index (χ1) is 10.1. The topological polar surface area (TPSA) is 58.6 Å². The van der Waals surface area contributed by atoms with Gasteiger partial charge in [-0.25, -0.2) is 0 Å². The number of nitrogens with zero attached hydrogens (tertiary/aromatic N) is 1. The largest absolute Gasteiger partial charge is 0.492 e. The highest BCUT2D eigenvalue weighted by molar-refractivity contribution is 6.31. The second-order valence-corrected chi connectivity index (χ2v) is 5.29. The molecule has 2 amide bonds. The van der Waals surface area contributed by atoms with Crippen LogP contribution in [-0.2, 0) is 9.59 Å². The van der Waals surface area contributed by atoms with Gasteiger partial charge in [-0.05, 0) is 31.5 Å². The van der Waals surface area contributed by atoms with Gasteiger partial charge >= 0.3 is 0 Å². The number of halogens is 1. The van der Waals surface area contributed by atoms with Crippen molar-refractivity contribution in [2.24, 2.45) is 0 Å². The van der Waals surface area contributed by atoms with Gasteiger partial charge in [0.2, 0.25) is 5.91 Å². The van der Waals surface area contributed by atoms with Gasteiger partial charge in [0, 0.05) is 11.6 Å². The Bertz CT molecular complexity index is 548. The number of likely N-dealkylation sites (tertiary alicyclic amines) is 1. The Labute approximate surface area is 129 Å². The molecule has 6 heteroatoms. The summed E-state index contributed by atoms with van der Waals surface area (Å²) in [6.07, 6.45) is 0.919. The lowest BCUT2D eigenvalue weighted by molar-refractivity contribution is -0.138. The van der Waals surface area contributed by atoms with Crippen LogP contribution in [0, 0.1) is 0 Å². The smallest absolute Gasteiger partial charge is 0.252 e. The normalized spacial score (nSPS) is 18.2. The van der Waals surface area contributed by atoms with Gasteiger partial charge in [-0.3, -0.25) is 14.5 Å². The maximum atomic E-state index is 12.2. The maximum Gasteiger partial charge on any atom is 0.252 e. The third-order valence-electron chi connectivity index (χ3n) is 3.26. The van der Waals surface area contributed by atoms with Gasteiger partial charge in [-0.2, -0.15) is 0 Å². The van der Waals surface area contributed by atoms with Gasteiger partial charge in [0.05, 0.1) is 18.7 Å². The van der Waals surface area contributed by atoms with Gasteiger partial charge < -0.3 is 10.1 Å². The van der Waals surface area contributed by atoms with E-state index in [0.29, 0.717) is 29.6 Å². The minimum atomic E-state index is -0.554. The Morgan fingerprint density at radius 1 is 1.38 bits per heavy atom. The lowest BCUT2D eigenvalue weighted by Crippen LogP contribution is -2.35. The molecule has 2 rings (SSSR count). The number of ether oxygens (including phenoxy) is 1. The molecule has 0 saturated carbocycles. The fourth-order valence-corrected chi connectivity index (χ4v) is 2.51. The number of rotatable bonds is 6. The molecule has 1 aromatic carbocycles. The zero-order valence-electron chi connectivity index (χ0n) is 12.2. The number of hydrogen-bond acceptors (Lipinski definition) is 4. The molecule has 21 heavy (non-hydrogen) atoms. The van der Waals surface area contributed by atoms with E-state index in [4.69, 9.17) is 16.3 Å². The predicted molar refractivity (Wildman–Crippen MR) is 81.7 cm³/mol. The summed E-state index contributed by atoms with van der Waals surface area (Å²) in [5.41, 5.74) is 0.633. The molecule has 0 spiro atoms. The average Bonchev–Trinajstić information content (AvgIpc) is 2.70. The van der Waals surface area contributed by atoms with E-state index in [1.165, 1.54) is 4.90 Å². The number of hydrogen-bond donors (Lipinski definition) is 1. The average molecular weight is 311 g/mol. The van der Waals surface area contributed by atoms with Crippen LogP contribution < -0.4 is 10.1 Å². The van der Waals surface area contributed by atoms with Crippen molar-refractivity contribution in [3.63, 3.8) is 0 Å². The first-order valence-electron chi connectivity index (χ1n) is 7.09. The maximum absolute atomic E-state index is 12.2. The van der Waals surface area contributed by atoms with Gasteiger partial charge in [0.25, 0.3) is 5.91 Å². The number of carbonyl (C=O) groups is 2. The van der Waals surface area contributed by atoms with Crippen LogP contribution in [0.3, 0.4) is 0 Å². The summed E-state index contributed by atoms with van der Waals surface area (Å²) in [4.78, 5) is 25.4. The summed E-state index contributed by atoms with van der Waals surface area (Å²) in [6, 6.07) is 4.62. The Morgan fingerprint density at radius 2 is 2.14 bits per heavy atom. The number of nitrogens with one attached hydrogen (secondary N) is 1. The molecule has 1 heterocycles. The van der Waals surface area contributed by atoms with Crippen molar-refractivity contribution in [2.45, 2.75) is 32.7 Å². The van der Waals surface area contributed by atoms with E-state index in [9.17, 15) is 9.59 Å². The van der Waals surface area contributed by atoms with Crippen LogP contribution in [0.15, 0.2) is 18.2 Å². The molecule has 0 radical (unpaired) electrons. The lowest BCUT2D eigenvalue weighted by atomic mass is 10.2. The second kappa shape index (κ2) is 6.80. The van der Waals surface area contributed by atoms with Gasteiger partial charge in [0.15, 0.2) is 0 Å². The van der Waals surface area contributed by atoms with Crippen molar-refractivity contribution in [3.8, 4) is 5.75 Å². The van der Waals surface area contributed by atoms with Crippen molar-refractivity contribution < 1.29 is 14.3 Å². The molecule has 1 aliphatic rings. The summed E-state index contributed by atoms with van der Waals surface area (Å²) in [6.45, 7) is 4.79. The molecule has 0 bridgehead atoms. The monoisotopic (exact) mass is 310 g/mol. The van der Waals surface area contributed by atoms with Gasteiger partial charge in [0.1, 0.15) is 11.8 Å². The van der Waals surface area contributed by atoms with E-state index in [1.54, 1.807) is 18.2 Å². The van der Waals surface area contributed by atoms with Crippen molar-refractivity contribution >= 4 is 29.1 Å². The van der Waals surface area contributed by atoms with E-state index in [-0.39, 0.29) is 18.2 Å². The Balaban J connectivity index is 2.17. The number of imide groups is 1. The molecule has 1 N–H and O–H groups in total. The van der Waals surface area contributed by atoms with Crippen molar-refractivity contribution in [2.75, 3.05) is 18.5 Å². The fourth-order valence-electron chi connectivity index (χ4n) is 2.34. The highest BCUT2D eigenvalue weighted by atomic mass is 35.5. The predicted octanol–water partition coefficient (Wildman–Crippen LogP) is 2.69. The standard InChI is InChI=1S/C15H19ClN2O3/c1-3-7-18-14(19)9-12(15(18)20)17-11-8-10(16)5-6-13(11)21-4-2/h5-6,8,12,17H,3-4,7,9H2,1-2H3. The number of carbonyl (C=O) groups excluding carboxylic acids is 2. The van der Waals surface area contributed by atoms with Crippen LogP contribution in [0.4, 0.5) is 5.69 Å². The molecule has 1 aromatic rings. The zero-order valence-corrected chi connectivity index (χ0v) is 12.9. The first kappa shape index (κ1) is 15.6. The second-order valence-electron chi connectivity index (χ2n) is 4.86. The highest BCUT2D eigenvalue weighted by Gasteiger charge is 2.38. The van der Waals surface area contributed by atoms with E-state index < -0.39 is 6.04 Å². The van der Waals surface area contributed by atoms with E-state index in [2.05, 4.69) is 5.32 Å².